The fraction of sp³-hybridized carbons (Fsp3) is 0.364. The average Bonchev–Trinajstić information content (AvgIpc) is 2.86. The third-order valence-corrected chi connectivity index (χ3v) is 5.93. The van der Waals surface area contributed by atoms with E-state index in [-0.39, 0.29) is 24.0 Å². The quantitative estimate of drug-likeness (QED) is 0.908. The van der Waals surface area contributed by atoms with Crippen molar-refractivity contribution in [2.75, 3.05) is 19.1 Å². The predicted molar refractivity (Wildman–Crippen MR) is 102 cm³/mol. The Labute approximate surface area is 158 Å². The molecule has 0 spiro atoms. The number of aryl methyl sites for hydroxylation is 2. The first-order valence-electron chi connectivity index (χ1n) is 9.18. The van der Waals surface area contributed by atoms with Gasteiger partial charge in [-0.25, -0.2) is 0 Å². The van der Waals surface area contributed by atoms with E-state index >= 15 is 0 Å². The maximum Gasteiger partial charge on any atom is 0.263 e. The number of carbonyl (C=O) groups is 2. The monoisotopic (exact) mass is 365 g/mol. The van der Waals surface area contributed by atoms with Crippen LogP contribution in [0.2, 0.25) is 0 Å². The molecule has 5 heteroatoms. The number of hydrogen-bond donors (Lipinski definition) is 1. The van der Waals surface area contributed by atoms with Gasteiger partial charge in [-0.3, -0.25) is 9.59 Å². The summed E-state index contributed by atoms with van der Waals surface area (Å²) in [5.41, 5.74) is 2.20. The van der Waals surface area contributed by atoms with Crippen molar-refractivity contribution >= 4 is 17.4 Å². The highest BCUT2D eigenvalue weighted by Gasteiger charge is 2.50. The van der Waals surface area contributed by atoms with Gasteiger partial charge in [-0.05, 0) is 55.5 Å². The van der Waals surface area contributed by atoms with Crippen LogP contribution in [-0.2, 0) is 16.8 Å². The maximum absolute atomic E-state index is 13.1. The summed E-state index contributed by atoms with van der Waals surface area (Å²) in [6.07, 6.45) is 1.44. The highest BCUT2D eigenvalue weighted by molar-refractivity contribution is 6.07. The minimum Gasteiger partial charge on any atom is -0.496 e. The second kappa shape index (κ2) is 6.20. The zero-order valence-corrected chi connectivity index (χ0v) is 15.8. The van der Waals surface area contributed by atoms with Gasteiger partial charge in [0.1, 0.15) is 5.75 Å². The Balaban J connectivity index is 1.67. The summed E-state index contributed by atoms with van der Waals surface area (Å²) in [7, 11) is 3.28. The first kappa shape index (κ1) is 17.7. The zero-order chi connectivity index (χ0) is 19.3. The Kier molecular flexibility index (Phi) is 4.07. The largest absolute Gasteiger partial charge is 0.496 e. The first-order chi connectivity index (χ1) is 12.9. The van der Waals surface area contributed by atoms with Crippen molar-refractivity contribution in [2.24, 2.45) is 5.92 Å². The number of rotatable bonds is 3. The van der Waals surface area contributed by atoms with E-state index in [1.165, 1.54) is 4.90 Å². The van der Waals surface area contributed by atoms with E-state index in [0.29, 0.717) is 23.2 Å². The minimum absolute atomic E-state index is 0.00439. The SMILES string of the molecule is COc1cc2c(cc1C)C(=O)[C@@H](C[C@@]1(O)C(=O)N(C)c3ccccc31)CC2. The third kappa shape index (κ3) is 2.57. The molecule has 2 aliphatic rings. The lowest BCUT2D eigenvalue weighted by Gasteiger charge is -2.30. The Bertz CT molecular complexity index is 951. The average molecular weight is 365 g/mol. The van der Waals surface area contributed by atoms with Crippen molar-refractivity contribution in [1.29, 1.82) is 0 Å². The predicted octanol–water partition coefficient (Wildman–Crippen LogP) is 3.00. The molecule has 0 bridgehead atoms. The molecule has 1 aliphatic carbocycles. The van der Waals surface area contributed by atoms with Crippen LogP contribution in [0.15, 0.2) is 36.4 Å². The summed E-state index contributed by atoms with van der Waals surface area (Å²) in [5, 5.41) is 11.3. The normalized spacial score (nSPS) is 24.0. The van der Waals surface area contributed by atoms with Crippen LogP contribution in [0.5, 0.6) is 5.75 Å². The molecule has 2 aromatic rings. The Morgan fingerprint density at radius 3 is 2.74 bits per heavy atom. The van der Waals surface area contributed by atoms with Crippen LogP contribution in [0.1, 0.15) is 39.9 Å². The van der Waals surface area contributed by atoms with Crippen molar-refractivity contribution in [3.8, 4) is 5.75 Å². The number of para-hydroxylation sites is 1. The summed E-state index contributed by atoms with van der Waals surface area (Å²) >= 11 is 0. The van der Waals surface area contributed by atoms with Gasteiger partial charge in [0.05, 0.1) is 12.8 Å². The number of ether oxygens (including phenoxy) is 1. The minimum atomic E-state index is -1.65. The van der Waals surface area contributed by atoms with Crippen LogP contribution in [0, 0.1) is 12.8 Å². The van der Waals surface area contributed by atoms with Crippen LogP contribution in [0.3, 0.4) is 0 Å². The fourth-order valence-electron chi connectivity index (χ4n) is 4.43. The number of Topliss-reactive ketones (excluding diaryl/α,β-unsaturated/α-hetero) is 1. The summed E-state index contributed by atoms with van der Waals surface area (Å²) in [6.45, 7) is 1.91. The molecule has 0 fully saturated rings. The summed E-state index contributed by atoms with van der Waals surface area (Å²) in [4.78, 5) is 27.4. The van der Waals surface area contributed by atoms with Crippen LogP contribution >= 0.6 is 0 Å². The van der Waals surface area contributed by atoms with E-state index in [2.05, 4.69) is 0 Å². The zero-order valence-electron chi connectivity index (χ0n) is 15.8. The second-order valence-electron chi connectivity index (χ2n) is 7.52. The molecule has 5 nitrogen and oxygen atoms in total. The molecule has 1 aliphatic heterocycles. The van der Waals surface area contributed by atoms with Crippen molar-refractivity contribution in [3.63, 3.8) is 0 Å². The lowest BCUT2D eigenvalue weighted by atomic mass is 9.75. The molecule has 2 atom stereocenters. The first-order valence-corrected chi connectivity index (χ1v) is 9.18. The lowest BCUT2D eigenvalue weighted by molar-refractivity contribution is -0.137. The second-order valence-corrected chi connectivity index (χ2v) is 7.52. The number of anilines is 1. The molecule has 1 heterocycles. The summed E-state index contributed by atoms with van der Waals surface area (Å²) in [6, 6.07) is 11.0. The Morgan fingerprint density at radius 1 is 1.26 bits per heavy atom. The molecule has 2 aromatic carbocycles. The Hall–Kier alpha value is -2.66. The maximum atomic E-state index is 13.1. The van der Waals surface area contributed by atoms with Crippen molar-refractivity contribution < 1.29 is 19.4 Å². The van der Waals surface area contributed by atoms with Crippen LogP contribution in [0.4, 0.5) is 5.69 Å². The summed E-state index contributed by atoms with van der Waals surface area (Å²) in [5.74, 6) is 0.0161. The van der Waals surface area contributed by atoms with E-state index in [1.54, 1.807) is 20.2 Å². The number of fused-ring (bicyclic) bond motifs is 2. The van der Waals surface area contributed by atoms with Crippen LogP contribution < -0.4 is 9.64 Å². The van der Waals surface area contributed by atoms with Crippen molar-refractivity contribution in [2.45, 2.75) is 31.8 Å². The third-order valence-electron chi connectivity index (χ3n) is 5.93. The number of amides is 1. The molecule has 0 saturated heterocycles. The van der Waals surface area contributed by atoms with E-state index < -0.39 is 5.60 Å². The lowest BCUT2D eigenvalue weighted by Crippen LogP contribution is -2.42. The molecule has 27 heavy (non-hydrogen) atoms. The van der Waals surface area contributed by atoms with Gasteiger partial charge in [-0.2, -0.15) is 0 Å². The van der Waals surface area contributed by atoms with Gasteiger partial charge in [0.25, 0.3) is 5.91 Å². The van der Waals surface area contributed by atoms with Gasteiger partial charge in [0.2, 0.25) is 0 Å². The summed E-state index contributed by atoms with van der Waals surface area (Å²) < 4.78 is 5.36. The van der Waals surface area contributed by atoms with Gasteiger partial charge in [-0.15, -0.1) is 0 Å². The molecule has 0 radical (unpaired) electrons. The number of carbonyl (C=O) groups excluding carboxylic acids is 2. The molecule has 1 N–H and O–H groups in total. The van der Waals surface area contributed by atoms with E-state index in [0.717, 1.165) is 23.3 Å². The number of nitrogens with zero attached hydrogens (tertiary/aromatic N) is 1. The number of methoxy groups -OCH3 is 1. The van der Waals surface area contributed by atoms with Crippen molar-refractivity contribution in [3.05, 3.63) is 58.7 Å². The van der Waals surface area contributed by atoms with Crippen LogP contribution in [-0.4, -0.2) is 31.0 Å². The number of benzene rings is 2. The van der Waals surface area contributed by atoms with E-state index in [9.17, 15) is 14.7 Å². The molecule has 0 saturated carbocycles. The Morgan fingerprint density at radius 2 is 2.00 bits per heavy atom. The van der Waals surface area contributed by atoms with Gasteiger partial charge >= 0.3 is 0 Å². The molecule has 140 valence electrons. The number of likely N-dealkylation sites (N-methyl/N-ethyl adjacent to an activating group) is 1. The fourth-order valence-corrected chi connectivity index (χ4v) is 4.43. The van der Waals surface area contributed by atoms with E-state index in [1.807, 2.05) is 37.3 Å². The molecule has 4 rings (SSSR count). The highest BCUT2D eigenvalue weighted by atomic mass is 16.5. The smallest absolute Gasteiger partial charge is 0.263 e. The van der Waals surface area contributed by atoms with Crippen molar-refractivity contribution in [1.82, 2.24) is 0 Å². The standard InChI is InChI=1S/C22H23NO4/c1-13-10-16-14(11-19(13)27-3)8-9-15(20(16)24)12-22(26)17-6-4-5-7-18(17)23(2)21(22)25/h4-7,10-11,15,26H,8-9,12H2,1-3H3/t15-,22+/m1/s1. The number of ketones is 1. The van der Waals surface area contributed by atoms with Gasteiger partial charge in [0, 0.05) is 24.1 Å². The van der Waals surface area contributed by atoms with Gasteiger partial charge in [0.15, 0.2) is 11.4 Å². The van der Waals surface area contributed by atoms with E-state index in [4.69, 9.17) is 4.74 Å². The number of hydrogen-bond acceptors (Lipinski definition) is 4. The van der Waals surface area contributed by atoms with Gasteiger partial charge < -0.3 is 14.7 Å². The van der Waals surface area contributed by atoms with Gasteiger partial charge in [-0.1, -0.05) is 18.2 Å². The molecular formula is C22H23NO4. The molecular weight excluding hydrogens is 342 g/mol. The molecule has 0 aromatic heterocycles. The number of aliphatic hydroxyl groups is 1. The topological polar surface area (TPSA) is 66.8 Å². The molecule has 1 amide bonds. The molecule has 0 unspecified atom stereocenters. The highest BCUT2D eigenvalue weighted by Crippen LogP contribution is 2.45. The van der Waals surface area contributed by atoms with Crippen LogP contribution in [0.25, 0.3) is 0 Å².